The van der Waals surface area contributed by atoms with Crippen LogP contribution in [0.5, 0.6) is 0 Å². The average molecular weight is 810 g/mol. The fraction of sp³-hybridized carbons (Fsp3) is 0.778. The molecule has 9 atom stereocenters. The Balaban J connectivity index is -0.00000390. The van der Waals surface area contributed by atoms with E-state index in [-0.39, 0.29) is 60.5 Å². The van der Waals surface area contributed by atoms with Crippen molar-refractivity contribution in [2.45, 2.75) is 165 Å². The van der Waals surface area contributed by atoms with E-state index in [0.29, 0.717) is 18.5 Å². The highest BCUT2D eigenvalue weighted by molar-refractivity contribution is 5.87. The summed E-state index contributed by atoms with van der Waals surface area (Å²) in [6, 6.07) is -1.71. The number of allylic oxidation sites excluding steroid dienone is 3. The summed E-state index contributed by atoms with van der Waals surface area (Å²) in [5.41, 5.74) is 0.628. The van der Waals surface area contributed by atoms with E-state index in [1.807, 2.05) is 87.4 Å². The highest BCUT2D eigenvalue weighted by Gasteiger charge is 2.42. The van der Waals surface area contributed by atoms with E-state index < -0.39 is 36.3 Å². The minimum absolute atomic E-state index is 0.000552. The summed E-state index contributed by atoms with van der Waals surface area (Å²) in [7, 11) is 8.46. The highest BCUT2D eigenvalue weighted by atomic mass is 16.5. The molecule has 1 saturated heterocycles. The van der Waals surface area contributed by atoms with Gasteiger partial charge in [0.25, 0.3) is 0 Å². The van der Waals surface area contributed by atoms with E-state index >= 15 is 0 Å². The first kappa shape index (κ1) is 58.3. The van der Waals surface area contributed by atoms with Gasteiger partial charge in [0, 0.05) is 27.8 Å². The van der Waals surface area contributed by atoms with Gasteiger partial charge >= 0.3 is 0 Å². The molecule has 1 fully saturated rings. The highest BCUT2D eigenvalue weighted by Crippen LogP contribution is 2.29. The first-order valence-electron chi connectivity index (χ1n) is 21.4. The van der Waals surface area contributed by atoms with Crippen molar-refractivity contribution in [1.82, 2.24) is 25.3 Å². The zero-order valence-corrected chi connectivity index (χ0v) is 39.5. The molecule has 12 nitrogen and oxygen atoms in total. The number of amides is 4. The van der Waals surface area contributed by atoms with Gasteiger partial charge in [-0.15, -0.1) is 0 Å². The van der Waals surface area contributed by atoms with Crippen LogP contribution in [-0.4, -0.2) is 134 Å². The molecule has 3 N–H and O–H groups in total. The Bertz CT molecular complexity index is 1180. The first-order valence-corrected chi connectivity index (χ1v) is 21.4. The number of aliphatic hydroxyl groups excluding tert-OH is 1. The molecule has 334 valence electrons. The summed E-state index contributed by atoms with van der Waals surface area (Å²) in [5, 5.41) is 16.6. The van der Waals surface area contributed by atoms with Crippen LogP contribution in [0.15, 0.2) is 36.5 Å². The van der Waals surface area contributed by atoms with Gasteiger partial charge < -0.3 is 35.0 Å². The Labute approximate surface area is 349 Å². The lowest BCUT2D eigenvalue weighted by atomic mass is 9.90. The zero-order valence-electron chi connectivity index (χ0n) is 39.5. The molecule has 1 aliphatic rings. The minimum atomic E-state index is -0.938. The number of hydrogen-bond acceptors (Lipinski definition) is 8. The monoisotopic (exact) mass is 810 g/mol. The van der Waals surface area contributed by atoms with Crippen molar-refractivity contribution in [3.8, 4) is 0 Å². The number of likely N-dealkylation sites (tertiary alicyclic amines) is 1. The van der Waals surface area contributed by atoms with Crippen LogP contribution >= 0.6 is 0 Å². The summed E-state index contributed by atoms with van der Waals surface area (Å²) in [5.74, 6) is -1.46. The standard InChI is InChI=1S/C38H67N5O7.C3H8.2C2H6/c1-14-18-28(19-15-2)35(46)27(8)40-37(47)26(7)36(50-13)29-20-17-21-43(29)31(44)22-30(49-12)34(25(6)16-3)42(11)32(45)23-39-38(48)33(24(4)5)41(9)10;1-3-2;2*1-2/h14-15,18-19,24-27,29-30,33-36,46H,1,16-17,20-23H2,2-13H3,(H,39,48)(H,40,47);3H2,1-2H3;2*1-2H3/b19-15-,28-18+;;;. The van der Waals surface area contributed by atoms with Crippen LogP contribution in [0.2, 0.25) is 0 Å². The van der Waals surface area contributed by atoms with Crippen LogP contribution < -0.4 is 10.6 Å². The SMILES string of the molecule is C=C/C=C(\C=C/C)C(O)C(C)NC(=O)C(C)C(OC)C1CCCN1C(=O)CC(OC)C(C(C)CC)N(C)C(=O)CNC(=O)C(C(C)C)N(C)C.CC.CC.CCC. The molecule has 0 saturated carbocycles. The van der Waals surface area contributed by atoms with Crippen LogP contribution in [0.1, 0.15) is 122 Å². The van der Waals surface area contributed by atoms with Gasteiger partial charge in [-0.25, -0.2) is 0 Å². The lowest BCUT2D eigenvalue weighted by Gasteiger charge is -2.39. The number of carbonyl (C=O) groups is 4. The molecule has 0 aliphatic carbocycles. The minimum Gasteiger partial charge on any atom is -0.386 e. The van der Waals surface area contributed by atoms with Crippen molar-refractivity contribution in [2.75, 3.05) is 48.5 Å². The Morgan fingerprint density at radius 1 is 0.947 bits per heavy atom. The van der Waals surface area contributed by atoms with Gasteiger partial charge in [-0.05, 0) is 58.2 Å². The van der Waals surface area contributed by atoms with Crippen molar-refractivity contribution in [2.24, 2.45) is 17.8 Å². The molecule has 1 heterocycles. The molecule has 0 radical (unpaired) electrons. The predicted octanol–water partition coefficient (Wildman–Crippen LogP) is 6.63. The number of rotatable bonds is 21. The van der Waals surface area contributed by atoms with Gasteiger partial charge in [0.05, 0.1) is 61.4 Å². The number of nitrogens with one attached hydrogen (secondary N) is 2. The first-order chi connectivity index (χ1) is 26.9. The van der Waals surface area contributed by atoms with E-state index in [4.69, 9.17) is 9.47 Å². The second kappa shape index (κ2) is 32.8. The molecule has 57 heavy (non-hydrogen) atoms. The molecule has 0 spiro atoms. The number of carbonyl (C=O) groups excluding carboxylic acids is 4. The van der Waals surface area contributed by atoms with Crippen molar-refractivity contribution in [3.05, 3.63) is 36.5 Å². The molecule has 1 rings (SSSR count). The van der Waals surface area contributed by atoms with Gasteiger partial charge in [0.1, 0.15) is 0 Å². The molecule has 12 heteroatoms. The van der Waals surface area contributed by atoms with Crippen molar-refractivity contribution >= 4 is 23.6 Å². The smallest absolute Gasteiger partial charge is 0.242 e. The largest absolute Gasteiger partial charge is 0.386 e. The number of hydrogen-bond donors (Lipinski definition) is 3. The van der Waals surface area contributed by atoms with Gasteiger partial charge in [-0.3, -0.25) is 24.1 Å². The maximum atomic E-state index is 14.0. The number of likely N-dealkylation sites (N-methyl/N-ethyl adjacent to an activating group) is 2. The zero-order chi connectivity index (χ0) is 45.0. The van der Waals surface area contributed by atoms with E-state index in [1.54, 1.807) is 63.1 Å². The second-order valence-electron chi connectivity index (χ2n) is 14.9. The molecule has 0 aromatic rings. The van der Waals surface area contributed by atoms with Crippen LogP contribution in [-0.2, 0) is 28.7 Å². The Morgan fingerprint density at radius 2 is 1.51 bits per heavy atom. The lowest BCUT2D eigenvalue weighted by Crippen LogP contribution is -2.55. The third-order valence-corrected chi connectivity index (χ3v) is 10.0. The van der Waals surface area contributed by atoms with Crippen LogP contribution in [0.25, 0.3) is 0 Å². The second-order valence-corrected chi connectivity index (χ2v) is 14.9. The van der Waals surface area contributed by atoms with Gasteiger partial charge in [-0.1, -0.05) is 120 Å². The molecule has 0 aromatic carbocycles. The molecule has 1 aliphatic heterocycles. The number of ether oxygens (including phenoxy) is 2. The van der Waals surface area contributed by atoms with E-state index in [9.17, 15) is 24.3 Å². The quantitative estimate of drug-likeness (QED) is 0.110. The number of aliphatic hydroxyl groups is 1. The summed E-state index contributed by atoms with van der Waals surface area (Å²) in [4.78, 5) is 59.0. The van der Waals surface area contributed by atoms with Gasteiger partial charge in [0.15, 0.2) is 0 Å². The van der Waals surface area contributed by atoms with E-state index in [2.05, 4.69) is 31.1 Å². The maximum absolute atomic E-state index is 14.0. The van der Waals surface area contributed by atoms with Crippen molar-refractivity contribution in [1.29, 1.82) is 0 Å². The number of nitrogens with zero attached hydrogens (tertiary/aromatic N) is 3. The molecule has 9 unspecified atom stereocenters. The molecule has 0 bridgehead atoms. The van der Waals surface area contributed by atoms with E-state index in [1.165, 1.54) is 6.42 Å². The van der Waals surface area contributed by atoms with Crippen LogP contribution in [0.3, 0.4) is 0 Å². The fourth-order valence-electron chi connectivity index (χ4n) is 7.16. The summed E-state index contributed by atoms with van der Waals surface area (Å²) < 4.78 is 11.8. The average Bonchev–Trinajstić information content (AvgIpc) is 3.67. The van der Waals surface area contributed by atoms with Crippen molar-refractivity contribution < 1.29 is 33.8 Å². The summed E-state index contributed by atoms with van der Waals surface area (Å²) in [6.07, 6.45) is 8.21. The Hall–Kier alpha value is -3.06. The molecule has 4 amide bonds. The topological polar surface area (TPSA) is 141 Å². The van der Waals surface area contributed by atoms with Crippen LogP contribution in [0, 0.1) is 17.8 Å². The van der Waals surface area contributed by atoms with E-state index in [0.717, 1.165) is 12.8 Å². The summed E-state index contributed by atoms with van der Waals surface area (Å²) >= 11 is 0. The fourth-order valence-corrected chi connectivity index (χ4v) is 7.16. The van der Waals surface area contributed by atoms with Gasteiger partial charge in [-0.2, -0.15) is 0 Å². The molecular weight excluding hydrogens is 723 g/mol. The normalized spacial score (nSPS) is 18.2. The summed E-state index contributed by atoms with van der Waals surface area (Å²) in [6.45, 7) is 29.6. The lowest BCUT2D eigenvalue weighted by molar-refractivity contribution is -0.146. The van der Waals surface area contributed by atoms with Crippen LogP contribution in [0.4, 0.5) is 0 Å². The van der Waals surface area contributed by atoms with Gasteiger partial charge in [0.2, 0.25) is 23.6 Å². The third-order valence-electron chi connectivity index (χ3n) is 10.0. The molecular formula is C45H87N5O7. The predicted molar refractivity (Wildman–Crippen MR) is 237 cm³/mol. The number of methoxy groups -OCH3 is 2. The third kappa shape index (κ3) is 19.5. The molecule has 0 aromatic heterocycles. The maximum Gasteiger partial charge on any atom is 0.242 e. The Morgan fingerprint density at radius 3 is 1.95 bits per heavy atom. The van der Waals surface area contributed by atoms with Crippen molar-refractivity contribution in [3.63, 3.8) is 0 Å². The Kier molecular flexibility index (Phi) is 33.6.